The maximum atomic E-state index is 12.1. The van der Waals surface area contributed by atoms with Crippen molar-refractivity contribution in [3.63, 3.8) is 0 Å². The molecule has 21 heavy (non-hydrogen) atoms. The lowest BCUT2D eigenvalue weighted by Crippen LogP contribution is -2.18. The van der Waals surface area contributed by atoms with Crippen LogP contribution in [-0.2, 0) is 6.54 Å². The molecule has 0 saturated heterocycles. The Morgan fingerprint density at radius 1 is 1.24 bits per heavy atom. The highest BCUT2D eigenvalue weighted by molar-refractivity contribution is 5.34. The van der Waals surface area contributed by atoms with Crippen LogP contribution >= 0.6 is 0 Å². The van der Waals surface area contributed by atoms with E-state index in [2.05, 4.69) is 14.8 Å². The van der Waals surface area contributed by atoms with Gasteiger partial charge in [-0.3, -0.25) is 0 Å². The second-order valence-corrected chi connectivity index (χ2v) is 4.86. The number of alkyl halides is 3. The minimum atomic E-state index is -4.68. The van der Waals surface area contributed by atoms with Crippen molar-refractivity contribution in [3.8, 4) is 5.75 Å². The highest BCUT2D eigenvalue weighted by Crippen LogP contribution is 2.33. The van der Waals surface area contributed by atoms with Crippen molar-refractivity contribution in [2.24, 2.45) is 0 Å². The van der Waals surface area contributed by atoms with Crippen LogP contribution in [0.1, 0.15) is 30.1 Å². The maximum absolute atomic E-state index is 12.1. The molecular formula is C13H13F3N4O. The molecule has 2 aromatic rings. The molecule has 2 heterocycles. The molecule has 1 aliphatic heterocycles. The van der Waals surface area contributed by atoms with Gasteiger partial charge in [-0.1, -0.05) is 12.1 Å². The SMILES string of the molecule is Nc1nc2n(n1)CCCC2c1ccc(OC(F)(F)F)cc1. The molecule has 0 spiro atoms. The number of hydrogen-bond donors (Lipinski definition) is 1. The number of benzene rings is 1. The van der Waals surface area contributed by atoms with Crippen molar-refractivity contribution in [2.45, 2.75) is 31.7 Å². The molecule has 5 nitrogen and oxygen atoms in total. The number of nitrogens with two attached hydrogens (primary N) is 1. The third-order valence-electron chi connectivity index (χ3n) is 3.41. The lowest BCUT2D eigenvalue weighted by molar-refractivity contribution is -0.274. The predicted octanol–water partition coefficient (Wildman–Crippen LogP) is 2.68. The van der Waals surface area contributed by atoms with Crippen LogP contribution in [-0.4, -0.2) is 21.1 Å². The van der Waals surface area contributed by atoms with Gasteiger partial charge in [-0.15, -0.1) is 18.3 Å². The summed E-state index contributed by atoms with van der Waals surface area (Å²) in [4.78, 5) is 4.21. The summed E-state index contributed by atoms with van der Waals surface area (Å²) in [6.45, 7) is 0.755. The Morgan fingerprint density at radius 2 is 1.95 bits per heavy atom. The maximum Gasteiger partial charge on any atom is 0.573 e. The average Bonchev–Trinajstić information content (AvgIpc) is 2.78. The van der Waals surface area contributed by atoms with E-state index < -0.39 is 6.36 Å². The molecule has 112 valence electrons. The van der Waals surface area contributed by atoms with Gasteiger partial charge in [-0.05, 0) is 30.5 Å². The predicted molar refractivity (Wildman–Crippen MR) is 68.6 cm³/mol. The molecule has 0 bridgehead atoms. The van der Waals surface area contributed by atoms with E-state index in [4.69, 9.17) is 5.73 Å². The summed E-state index contributed by atoms with van der Waals surface area (Å²) in [5.74, 6) is 0.726. The largest absolute Gasteiger partial charge is 0.573 e. The zero-order valence-electron chi connectivity index (χ0n) is 11.0. The summed E-state index contributed by atoms with van der Waals surface area (Å²) >= 11 is 0. The number of fused-ring (bicyclic) bond motifs is 1. The van der Waals surface area contributed by atoms with Gasteiger partial charge >= 0.3 is 6.36 Å². The molecule has 0 radical (unpaired) electrons. The molecule has 0 saturated carbocycles. The number of halogens is 3. The molecule has 0 amide bonds. The number of nitrogens with zero attached hydrogens (tertiary/aromatic N) is 3. The molecule has 0 aliphatic carbocycles. The fraction of sp³-hybridized carbons (Fsp3) is 0.385. The van der Waals surface area contributed by atoms with Crippen LogP contribution in [0.4, 0.5) is 19.1 Å². The topological polar surface area (TPSA) is 66.0 Å². The third kappa shape index (κ3) is 2.93. The molecule has 1 unspecified atom stereocenters. The summed E-state index contributed by atoms with van der Waals surface area (Å²) in [5.41, 5.74) is 6.48. The fourth-order valence-corrected chi connectivity index (χ4v) is 2.59. The minimum absolute atomic E-state index is 0.0107. The van der Waals surface area contributed by atoms with Gasteiger partial charge in [-0.25, -0.2) is 4.68 Å². The van der Waals surface area contributed by atoms with Crippen LogP contribution in [0.5, 0.6) is 5.75 Å². The average molecular weight is 298 g/mol. The first-order chi connectivity index (χ1) is 9.92. The van der Waals surface area contributed by atoms with Crippen molar-refractivity contribution in [3.05, 3.63) is 35.7 Å². The Morgan fingerprint density at radius 3 is 2.62 bits per heavy atom. The number of aryl methyl sites for hydroxylation is 1. The summed E-state index contributed by atoms with van der Waals surface area (Å²) in [6.07, 6.45) is -2.90. The van der Waals surface area contributed by atoms with Gasteiger partial charge in [0.25, 0.3) is 0 Å². The normalized spacial score (nSPS) is 18.3. The lowest BCUT2D eigenvalue weighted by atomic mass is 9.91. The second kappa shape index (κ2) is 4.94. The Kier molecular flexibility index (Phi) is 3.23. The van der Waals surface area contributed by atoms with E-state index in [1.54, 1.807) is 16.8 Å². The smallest absolute Gasteiger partial charge is 0.406 e. The van der Waals surface area contributed by atoms with Gasteiger partial charge in [0.2, 0.25) is 5.95 Å². The first kappa shape index (κ1) is 13.7. The van der Waals surface area contributed by atoms with E-state index in [9.17, 15) is 13.2 Å². The number of hydrogen-bond acceptors (Lipinski definition) is 4. The number of ether oxygens (including phenoxy) is 1. The van der Waals surface area contributed by atoms with Crippen molar-refractivity contribution in [2.75, 3.05) is 5.73 Å². The Balaban J connectivity index is 1.85. The van der Waals surface area contributed by atoms with Crippen LogP contribution in [0.15, 0.2) is 24.3 Å². The van der Waals surface area contributed by atoms with E-state index in [1.807, 2.05) is 0 Å². The third-order valence-corrected chi connectivity index (χ3v) is 3.41. The zero-order valence-corrected chi connectivity index (χ0v) is 11.0. The van der Waals surface area contributed by atoms with Crippen LogP contribution in [0, 0.1) is 0 Å². The molecule has 3 rings (SSSR count). The van der Waals surface area contributed by atoms with Gasteiger partial charge in [0.15, 0.2) is 0 Å². The molecule has 1 aromatic heterocycles. The van der Waals surface area contributed by atoms with Gasteiger partial charge in [0, 0.05) is 12.5 Å². The van der Waals surface area contributed by atoms with Crippen LogP contribution in [0.25, 0.3) is 0 Å². The first-order valence-corrected chi connectivity index (χ1v) is 6.48. The molecule has 8 heteroatoms. The number of aromatic nitrogens is 3. The molecule has 2 N–H and O–H groups in total. The van der Waals surface area contributed by atoms with E-state index in [0.717, 1.165) is 30.8 Å². The van der Waals surface area contributed by atoms with E-state index >= 15 is 0 Å². The van der Waals surface area contributed by atoms with E-state index in [0.29, 0.717) is 0 Å². The summed E-state index contributed by atoms with van der Waals surface area (Å²) in [6, 6.07) is 5.85. The Bertz CT molecular complexity index is 636. The van der Waals surface area contributed by atoms with Gasteiger partial charge in [0.1, 0.15) is 11.6 Å². The number of rotatable bonds is 2. The Hall–Kier alpha value is -2.25. The van der Waals surface area contributed by atoms with Crippen LogP contribution in [0.3, 0.4) is 0 Å². The van der Waals surface area contributed by atoms with Crippen LogP contribution in [0.2, 0.25) is 0 Å². The van der Waals surface area contributed by atoms with Crippen molar-refractivity contribution in [1.82, 2.24) is 14.8 Å². The second-order valence-electron chi connectivity index (χ2n) is 4.86. The Labute approximate surface area is 118 Å². The first-order valence-electron chi connectivity index (χ1n) is 6.48. The summed E-state index contributed by atoms with van der Waals surface area (Å²) < 4.78 is 42.0. The monoisotopic (exact) mass is 298 g/mol. The van der Waals surface area contributed by atoms with Crippen molar-refractivity contribution >= 4 is 5.95 Å². The quantitative estimate of drug-likeness (QED) is 0.925. The summed E-state index contributed by atoms with van der Waals surface area (Å²) in [5, 5.41) is 4.10. The van der Waals surface area contributed by atoms with Gasteiger partial charge in [-0.2, -0.15) is 4.98 Å². The number of anilines is 1. The molecule has 1 aliphatic rings. The van der Waals surface area contributed by atoms with E-state index in [1.165, 1.54) is 12.1 Å². The number of nitrogen functional groups attached to an aromatic ring is 1. The highest BCUT2D eigenvalue weighted by atomic mass is 19.4. The molecular weight excluding hydrogens is 285 g/mol. The lowest BCUT2D eigenvalue weighted by Gasteiger charge is -2.22. The van der Waals surface area contributed by atoms with Crippen LogP contribution < -0.4 is 10.5 Å². The zero-order chi connectivity index (χ0) is 15.0. The van der Waals surface area contributed by atoms with Gasteiger partial charge in [0.05, 0.1) is 0 Å². The molecule has 0 fully saturated rings. The molecule has 1 atom stereocenters. The van der Waals surface area contributed by atoms with Gasteiger partial charge < -0.3 is 10.5 Å². The summed E-state index contributed by atoms with van der Waals surface area (Å²) in [7, 11) is 0. The minimum Gasteiger partial charge on any atom is -0.406 e. The highest BCUT2D eigenvalue weighted by Gasteiger charge is 2.31. The van der Waals surface area contributed by atoms with Crippen molar-refractivity contribution < 1.29 is 17.9 Å². The van der Waals surface area contributed by atoms with E-state index in [-0.39, 0.29) is 17.6 Å². The fourth-order valence-electron chi connectivity index (χ4n) is 2.59. The van der Waals surface area contributed by atoms with Crippen molar-refractivity contribution in [1.29, 1.82) is 0 Å². The standard InChI is InChI=1S/C13H13F3N4O/c14-13(15,16)21-9-5-3-8(4-6-9)10-2-1-7-20-11(10)18-12(17)19-20/h3-6,10H,1-2,7H2,(H2,17,19). The molecule has 1 aromatic carbocycles.